The van der Waals surface area contributed by atoms with Gasteiger partial charge in [0, 0.05) is 36.5 Å². The number of amides is 1. The molecule has 0 atom stereocenters. The third-order valence-corrected chi connectivity index (χ3v) is 6.58. The summed E-state index contributed by atoms with van der Waals surface area (Å²) in [7, 11) is 0. The molecule has 1 aromatic heterocycles. The SMILES string of the molecule is O=C(O)Cn1cc(-c2cccc3c2CCCN3C(=O)CCCOc2cc(Cl)c(Cl)cc2Cl)cn1. The molecule has 1 aliphatic heterocycles. The van der Waals surface area contributed by atoms with Crippen LogP contribution in [0.25, 0.3) is 11.1 Å². The summed E-state index contributed by atoms with van der Waals surface area (Å²) in [6.07, 6.45) is 5.88. The molecule has 1 aliphatic rings. The van der Waals surface area contributed by atoms with Crippen LogP contribution in [-0.2, 0) is 22.6 Å². The van der Waals surface area contributed by atoms with E-state index in [-0.39, 0.29) is 12.5 Å². The van der Waals surface area contributed by atoms with Gasteiger partial charge < -0.3 is 14.7 Å². The van der Waals surface area contributed by atoms with E-state index in [1.807, 2.05) is 23.1 Å². The van der Waals surface area contributed by atoms with Gasteiger partial charge in [-0.2, -0.15) is 5.10 Å². The number of carboxylic acid groups (broad SMARTS) is 1. The number of halogens is 3. The first-order chi connectivity index (χ1) is 16.3. The van der Waals surface area contributed by atoms with E-state index in [0.29, 0.717) is 46.8 Å². The smallest absolute Gasteiger partial charge is 0.325 e. The second-order valence-corrected chi connectivity index (χ2v) is 9.14. The first-order valence-corrected chi connectivity index (χ1v) is 11.9. The van der Waals surface area contributed by atoms with Crippen molar-refractivity contribution in [2.24, 2.45) is 0 Å². The molecule has 3 aromatic rings. The predicted molar refractivity (Wildman–Crippen MR) is 132 cm³/mol. The third kappa shape index (κ3) is 5.49. The number of aliphatic carboxylic acids is 1. The van der Waals surface area contributed by atoms with Gasteiger partial charge >= 0.3 is 5.97 Å². The van der Waals surface area contributed by atoms with Crippen LogP contribution in [0.4, 0.5) is 5.69 Å². The van der Waals surface area contributed by atoms with Gasteiger partial charge in [-0.3, -0.25) is 14.3 Å². The van der Waals surface area contributed by atoms with E-state index in [9.17, 15) is 9.59 Å². The highest BCUT2D eigenvalue weighted by molar-refractivity contribution is 6.43. The Kier molecular flexibility index (Phi) is 7.66. The Morgan fingerprint density at radius 1 is 1.12 bits per heavy atom. The van der Waals surface area contributed by atoms with Crippen LogP contribution >= 0.6 is 34.8 Å². The molecule has 2 aromatic carbocycles. The molecule has 0 radical (unpaired) electrons. The summed E-state index contributed by atoms with van der Waals surface area (Å²) in [5.74, 6) is -0.504. The second-order valence-electron chi connectivity index (χ2n) is 7.92. The molecule has 178 valence electrons. The maximum absolute atomic E-state index is 13.0. The van der Waals surface area contributed by atoms with Crippen LogP contribution in [0, 0.1) is 0 Å². The van der Waals surface area contributed by atoms with Gasteiger partial charge in [0.2, 0.25) is 5.91 Å². The van der Waals surface area contributed by atoms with Crippen molar-refractivity contribution in [2.45, 2.75) is 32.2 Å². The normalized spacial score (nSPS) is 13.0. The van der Waals surface area contributed by atoms with Crippen LogP contribution in [0.15, 0.2) is 42.7 Å². The van der Waals surface area contributed by atoms with Crippen molar-refractivity contribution in [2.75, 3.05) is 18.1 Å². The zero-order valence-corrected chi connectivity index (χ0v) is 20.4. The molecule has 0 unspecified atom stereocenters. The average molecular weight is 523 g/mol. The van der Waals surface area contributed by atoms with Crippen molar-refractivity contribution in [3.63, 3.8) is 0 Å². The van der Waals surface area contributed by atoms with Gasteiger partial charge in [-0.1, -0.05) is 46.9 Å². The van der Waals surface area contributed by atoms with E-state index in [4.69, 9.17) is 44.6 Å². The van der Waals surface area contributed by atoms with E-state index in [1.54, 1.807) is 18.5 Å². The standard InChI is InChI=1S/C24H22Cl3N3O4/c25-18-10-20(27)22(11-19(18)26)34-9-3-7-23(31)30-8-2-5-17-16(4-1-6-21(17)30)15-12-28-29(13-15)14-24(32)33/h1,4,6,10-13H,2-3,5,7-9,14H2,(H,32,33). The molecular weight excluding hydrogens is 501 g/mol. The number of ether oxygens (including phenoxy) is 1. The number of aromatic nitrogens is 2. The van der Waals surface area contributed by atoms with Crippen molar-refractivity contribution in [3.8, 4) is 16.9 Å². The summed E-state index contributed by atoms with van der Waals surface area (Å²) >= 11 is 18.1. The van der Waals surface area contributed by atoms with Crippen LogP contribution in [0.5, 0.6) is 5.75 Å². The quantitative estimate of drug-likeness (QED) is 0.301. The summed E-state index contributed by atoms with van der Waals surface area (Å²) in [6, 6.07) is 8.92. The van der Waals surface area contributed by atoms with Gasteiger partial charge in [-0.25, -0.2) is 0 Å². The number of hydrogen-bond donors (Lipinski definition) is 1. The highest BCUT2D eigenvalue weighted by Crippen LogP contribution is 2.36. The molecule has 1 N–H and O–H groups in total. The molecular formula is C24H22Cl3N3O4. The maximum atomic E-state index is 13.0. The van der Waals surface area contributed by atoms with E-state index in [2.05, 4.69) is 5.10 Å². The predicted octanol–water partition coefficient (Wildman–Crippen LogP) is 5.73. The topological polar surface area (TPSA) is 84.7 Å². The highest BCUT2D eigenvalue weighted by Gasteiger charge is 2.24. The fourth-order valence-electron chi connectivity index (χ4n) is 4.04. The Morgan fingerprint density at radius 3 is 2.71 bits per heavy atom. The Labute approximate surface area is 211 Å². The van der Waals surface area contributed by atoms with Gasteiger partial charge in [0.15, 0.2) is 0 Å². The molecule has 7 nitrogen and oxygen atoms in total. The van der Waals surface area contributed by atoms with E-state index in [1.165, 1.54) is 10.7 Å². The molecule has 0 fully saturated rings. The number of benzene rings is 2. The molecule has 10 heteroatoms. The number of carbonyl (C=O) groups is 2. The highest BCUT2D eigenvalue weighted by atomic mass is 35.5. The summed E-state index contributed by atoms with van der Waals surface area (Å²) < 4.78 is 7.08. The minimum atomic E-state index is -0.952. The lowest BCUT2D eigenvalue weighted by atomic mass is 9.93. The minimum absolute atomic E-state index is 0.0171. The number of nitrogens with zero attached hydrogens (tertiary/aromatic N) is 3. The van der Waals surface area contributed by atoms with Crippen LogP contribution in [0.2, 0.25) is 15.1 Å². The number of anilines is 1. The van der Waals surface area contributed by atoms with Crippen molar-refractivity contribution in [3.05, 3.63) is 63.4 Å². The van der Waals surface area contributed by atoms with Crippen molar-refractivity contribution < 1.29 is 19.4 Å². The summed E-state index contributed by atoms with van der Waals surface area (Å²) in [4.78, 5) is 25.8. The minimum Gasteiger partial charge on any atom is -0.492 e. The molecule has 4 rings (SSSR count). The zero-order chi connectivity index (χ0) is 24.2. The van der Waals surface area contributed by atoms with Crippen LogP contribution in [0.1, 0.15) is 24.8 Å². The second kappa shape index (κ2) is 10.7. The molecule has 2 heterocycles. The fraction of sp³-hybridized carbons (Fsp3) is 0.292. The first-order valence-electron chi connectivity index (χ1n) is 10.8. The van der Waals surface area contributed by atoms with Crippen molar-refractivity contribution in [1.82, 2.24) is 9.78 Å². The number of hydrogen-bond acceptors (Lipinski definition) is 4. The number of carboxylic acids is 1. The van der Waals surface area contributed by atoms with Crippen molar-refractivity contribution >= 4 is 52.4 Å². The molecule has 0 saturated heterocycles. The Bertz CT molecular complexity index is 1230. The van der Waals surface area contributed by atoms with Crippen LogP contribution < -0.4 is 9.64 Å². The van der Waals surface area contributed by atoms with Gasteiger partial charge in [0.25, 0.3) is 0 Å². The maximum Gasteiger partial charge on any atom is 0.325 e. The fourth-order valence-corrected chi connectivity index (χ4v) is 4.63. The van der Waals surface area contributed by atoms with E-state index >= 15 is 0 Å². The number of carbonyl (C=O) groups excluding carboxylic acids is 1. The Hall–Kier alpha value is -2.74. The first kappa shape index (κ1) is 24.4. The number of fused-ring (bicyclic) bond motifs is 1. The summed E-state index contributed by atoms with van der Waals surface area (Å²) in [5.41, 5.74) is 3.74. The average Bonchev–Trinajstić information content (AvgIpc) is 3.26. The van der Waals surface area contributed by atoms with Crippen LogP contribution in [-0.4, -0.2) is 39.9 Å². The molecule has 34 heavy (non-hydrogen) atoms. The lowest BCUT2D eigenvalue weighted by Gasteiger charge is -2.31. The third-order valence-electron chi connectivity index (χ3n) is 5.56. The van der Waals surface area contributed by atoms with Gasteiger partial charge in [0.1, 0.15) is 12.3 Å². The largest absolute Gasteiger partial charge is 0.492 e. The van der Waals surface area contributed by atoms with Crippen molar-refractivity contribution in [1.29, 1.82) is 0 Å². The summed E-state index contributed by atoms with van der Waals surface area (Å²) in [5, 5.41) is 14.2. The molecule has 1 amide bonds. The zero-order valence-electron chi connectivity index (χ0n) is 18.1. The van der Waals surface area contributed by atoms with Gasteiger partial charge in [0.05, 0.1) is 27.9 Å². The molecule has 0 saturated carbocycles. The Balaban J connectivity index is 1.42. The van der Waals surface area contributed by atoms with Gasteiger partial charge in [-0.05, 0) is 42.5 Å². The molecule has 0 spiro atoms. The van der Waals surface area contributed by atoms with E-state index in [0.717, 1.165) is 35.2 Å². The van der Waals surface area contributed by atoms with E-state index < -0.39 is 5.97 Å². The molecule has 0 bridgehead atoms. The molecule has 0 aliphatic carbocycles. The number of rotatable bonds is 8. The Morgan fingerprint density at radius 2 is 1.91 bits per heavy atom. The lowest BCUT2D eigenvalue weighted by Crippen LogP contribution is -2.35. The monoisotopic (exact) mass is 521 g/mol. The van der Waals surface area contributed by atoms with Crippen LogP contribution in [0.3, 0.4) is 0 Å². The summed E-state index contributed by atoms with van der Waals surface area (Å²) in [6.45, 7) is 0.759. The van der Waals surface area contributed by atoms with Gasteiger partial charge in [-0.15, -0.1) is 0 Å². The lowest BCUT2D eigenvalue weighted by molar-refractivity contribution is -0.137.